The van der Waals surface area contributed by atoms with Crippen LogP contribution < -0.4 is 14.8 Å². The Morgan fingerprint density at radius 2 is 1.83 bits per heavy atom. The predicted octanol–water partition coefficient (Wildman–Crippen LogP) is 1.58. The second-order valence-corrected chi connectivity index (χ2v) is 5.57. The molecule has 1 atom stereocenters. The zero-order chi connectivity index (χ0) is 17.0. The Balaban J connectivity index is 2.04. The Labute approximate surface area is 135 Å². The lowest BCUT2D eigenvalue weighted by Gasteiger charge is -2.25. The number of amides is 1. The van der Waals surface area contributed by atoms with Gasteiger partial charge in [0.25, 0.3) is 0 Å². The molecule has 0 spiro atoms. The van der Waals surface area contributed by atoms with Crippen LogP contribution in [0.5, 0.6) is 11.5 Å². The Bertz CT molecular complexity index is 564. The van der Waals surface area contributed by atoms with E-state index in [-0.39, 0.29) is 18.5 Å². The third kappa shape index (κ3) is 4.59. The summed E-state index contributed by atoms with van der Waals surface area (Å²) in [5.74, 6) is -0.0525. The first-order valence-electron chi connectivity index (χ1n) is 7.46. The molecule has 1 aliphatic carbocycles. The highest BCUT2D eigenvalue weighted by Gasteiger charge is 2.36. The van der Waals surface area contributed by atoms with Crippen molar-refractivity contribution in [3.8, 4) is 11.5 Å². The van der Waals surface area contributed by atoms with Crippen molar-refractivity contribution in [2.75, 3.05) is 26.1 Å². The van der Waals surface area contributed by atoms with E-state index in [1.165, 1.54) is 14.2 Å². The largest absolute Gasteiger partial charge is 0.497 e. The minimum Gasteiger partial charge on any atom is -0.497 e. The zero-order valence-electron chi connectivity index (χ0n) is 13.5. The molecule has 1 saturated carbocycles. The molecule has 23 heavy (non-hydrogen) atoms. The maximum atomic E-state index is 12.3. The number of hydrogen-bond donors (Lipinski definition) is 2. The Hall–Kier alpha value is -2.28. The van der Waals surface area contributed by atoms with Crippen LogP contribution in [0.3, 0.4) is 0 Å². The first-order valence-corrected chi connectivity index (χ1v) is 7.46. The smallest absolute Gasteiger partial charge is 0.320 e. The van der Waals surface area contributed by atoms with Crippen molar-refractivity contribution in [1.82, 2.24) is 4.90 Å². The number of carbonyl (C=O) groups excluding carboxylic acids is 1. The average molecular weight is 322 g/mol. The molecule has 0 aromatic heterocycles. The molecule has 1 aromatic carbocycles. The molecule has 1 aliphatic rings. The number of nitrogens with zero attached hydrogens (tertiary/aromatic N) is 1. The summed E-state index contributed by atoms with van der Waals surface area (Å²) < 4.78 is 10.3. The van der Waals surface area contributed by atoms with E-state index in [0.717, 1.165) is 12.8 Å². The number of methoxy groups -OCH3 is 2. The SMILES string of the molecule is COc1cc(NC(=O)CN(C2CC2)C(C)C(=O)O)cc(OC)c1. The van der Waals surface area contributed by atoms with Crippen LogP contribution >= 0.6 is 0 Å². The van der Waals surface area contributed by atoms with E-state index in [0.29, 0.717) is 17.2 Å². The van der Waals surface area contributed by atoms with Crippen LogP contribution in [0.2, 0.25) is 0 Å². The maximum absolute atomic E-state index is 12.3. The second kappa shape index (κ2) is 7.32. The van der Waals surface area contributed by atoms with Gasteiger partial charge >= 0.3 is 5.97 Å². The number of aliphatic carboxylic acids is 1. The summed E-state index contributed by atoms with van der Waals surface area (Å²) in [6.45, 7) is 1.64. The summed E-state index contributed by atoms with van der Waals surface area (Å²) in [6, 6.07) is 4.56. The highest BCUT2D eigenvalue weighted by molar-refractivity contribution is 5.93. The van der Waals surface area contributed by atoms with Crippen molar-refractivity contribution in [3.05, 3.63) is 18.2 Å². The van der Waals surface area contributed by atoms with Crippen LogP contribution in [0.4, 0.5) is 5.69 Å². The van der Waals surface area contributed by atoms with Gasteiger partial charge in [-0.15, -0.1) is 0 Å². The number of anilines is 1. The molecular weight excluding hydrogens is 300 g/mol. The molecule has 1 fully saturated rings. The van der Waals surface area contributed by atoms with Gasteiger partial charge < -0.3 is 19.9 Å². The third-order valence-electron chi connectivity index (χ3n) is 3.83. The lowest BCUT2D eigenvalue weighted by Crippen LogP contribution is -2.44. The van der Waals surface area contributed by atoms with E-state index in [9.17, 15) is 9.59 Å². The first kappa shape index (κ1) is 17.1. The molecule has 1 aromatic rings. The fourth-order valence-electron chi connectivity index (χ4n) is 2.38. The molecule has 1 unspecified atom stereocenters. The number of carboxylic acid groups (broad SMARTS) is 1. The fourth-order valence-corrected chi connectivity index (χ4v) is 2.38. The molecule has 0 aliphatic heterocycles. The summed E-state index contributed by atoms with van der Waals surface area (Å²) in [5.41, 5.74) is 0.546. The average Bonchev–Trinajstić information content (AvgIpc) is 3.36. The molecule has 1 amide bonds. The van der Waals surface area contributed by atoms with Crippen molar-refractivity contribution in [3.63, 3.8) is 0 Å². The van der Waals surface area contributed by atoms with Crippen LogP contribution in [-0.2, 0) is 9.59 Å². The van der Waals surface area contributed by atoms with Gasteiger partial charge in [-0.05, 0) is 19.8 Å². The fraction of sp³-hybridized carbons (Fsp3) is 0.500. The molecular formula is C16H22N2O5. The molecule has 0 radical (unpaired) electrons. The summed E-state index contributed by atoms with van der Waals surface area (Å²) >= 11 is 0. The van der Waals surface area contributed by atoms with Gasteiger partial charge in [-0.2, -0.15) is 0 Å². The molecule has 7 nitrogen and oxygen atoms in total. The van der Waals surface area contributed by atoms with Crippen LogP contribution in [0.25, 0.3) is 0 Å². The quantitative estimate of drug-likeness (QED) is 0.755. The highest BCUT2D eigenvalue weighted by atomic mass is 16.5. The highest BCUT2D eigenvalue weighted by Crippen LogP contribution is 2.29. The maximum Gasteiger partial charge on any atom is 0.320 e. The van der Waals surface area contributed by atoms with Gasteiger partial charge in [0, 0.05) is 29.9 Å². The number of rotatable bonds is 8. The van der Waals surface area contributed by atoms with E-state index in [2.05, 4.69) is 5.32 Å². The summed E-state index contributed by atoms with van der Waals surface area (Å²) in [4.78, 5) is 25.1. The van der Waals surface area contributed by atoms with Gasteiger partial charge in [0.05, 0.1) is 20.8 Å². The Kier molecular flexibility index (Phi) is 5.44. The van der Waals surface area contributed by atoms with E-state index in [4.69, 9.17) is 14.6 Å². The van der Waals surface area contributed by atoms with E-state index >= 15 is 0 Å². The predicted molar refractivity (Wildman–Crippen MR) is 85.0 cm³/mol. The van der Waals surface area contributed by atoms with Crippen molar-refractivity contribution in [1.29, 1.82) is 0 Å². The number of carbonyl (C=O) groups is 2. The second-order valence-electron chi connectivity index (χ2n) is 5.57. The molecule has 0 saturated heterocycles. The number of ether oxygens (including phenoxy) is 2. The Morgan fingerprint density at radius 1 is 1.26 bits per heavy atom. The van der Waals surface area contributed by atoms with E-state index in [1.807, 2.05) is 0 Å². The summed E-state index contributed by atoms with van der Waals surface area (Å²) in [5, 5.41) is 11.9. The minimum atomic E-state index is -0.923. The van der Waals surface area contributed by atoms with Crippen LogP contribution in [-0.4, -0.2) is 54.7 Å². The third-order valence-corrected chi connectivity index (χ3v) is 3.83. The van der Waals surface area contributed by atoms with Gasteiger partial charge in [0.1, 0.15) is 17.5 Å². The molecule has 0 bridgehead atoms. The van der Waals surface area contributed by atoms with Crippen molar-refractivity contribution in [2.45, 2.75) is 31.8 Å². The van der Waals surface area contributed by atoms with Crippen LogP contribution in [0.1, 0.15) is 19.8 Å². The van der Waals surface area contributed by atoms with Crippen LogP contribution in [0.15, 0.2) is 18.2 Å². The van der Waals surface area contributed by atoms with E-state index in [1.54, 1.807) is 30.0 Å². The number of hydrogen-bond acceptors (Lipinski definition) is 5. The van der Waals surface area contributed by atoms with Crippen molar-refractivity contribution >= 4 is 17.6 Å². The number of carboxylic acids is 1. The molecule has 0 heterocycles. The number of benzene rings is 1. The minimum absolute atomic E-state index is 0.0393. The monoisotopic (exact) mass is 322 g/mol. The molecule has 126 valence electrons. The molecule has 2 N–H and O–H groups in total. The lowest BCUT2D eigenvalue weighted by atomic mass is 10.2. The topological polar surface area (TPSA) is 88.1 Å². The first-order chi connectivity index (χ1) is 10.9. The lowest BCUT2D eigenvalue weighted by molar-refractivity contribution is -0.143. The summed E-state index contributed by atoms with van der Waals surface area (Å²) in [6.07, 6.45) is 1.86. The zero-order valence-corrected chi connectivity index (χ0v) is 13.5. The Morgan fingerprint density at radius 3 is 2.26 bits per heavy atom. The van der Waals surface area contributed by atoms with E-state index < -0.39 is 12.0 Å². The summed E-state index contributed by atoms with van der Waals surface area (Å²) in [7, 11) is 3.06. The van der Waals surface area contributed by atoms with Gasteiger partial charge in [-0.1, -0.05) is 0 Å². The van der Waals surface area contributed by atoms with Crippen molar-refractivity contribution in [2.24, 2.45) is 0 Å². The molecule has 2 rings (SSSR count). The normalized spacial score (nSPS) is 15.1. The van der Waals surface area contributed by atoms with Gasteiger partial charge in [-0.3, -0.25) is 14.5 Å². The van der Waals surface area contributed by atoms with Crippen LogP contribution in [0, 0.1) is 0 Å². The number of nitrogens with one attached hydrogen (secondary N) is 1. The molecule has 7 heteroatoms. The van der Waals surface area contributed by atoms with Gasteiger partial charge in [0.15, 0.2) is 0 Å². The van der Waals surface area contributed by atoms with Gasteiger partial charge in [0.2, 0.25) is 5.91 Å². The van der Waals surface area contributed by atoms with Gasteiger partial charge in [-0.25, -0.2) is 0 Å². The van der Waals surface area contributed by atoms with Crippen molar-refractivity contribution < 1.29 is 24.2 Å². The standard InChI is InChI=1S/C16H22N2O5/c1-10(16(20)21)18(12-4-5-12)9-15(19)17-11-6-13(22-2)8-14(7-11)23-3/h6-8,10,12H,4-5,9H2,1-3H3,(H,17,19)(H,20,21).